The van der Waals surface area contributed by atoms with Crippen molar-refractivity contribution in [2.24, 2.45) is 0 Å². The normalized spacial score (nSPS) is 13.0. The van der Waals surface area contributed by atoms with E-state index in [1.54, 1.807) is 31.4 Å². The molecule has 0 bridgehead atoms. The molecule has 27 heavy (non-hydrogen) atoms. The van der Waals surface area contributed by atoms with E-state index < -0.39 is 17.9 Å². The molecule has 1 unspecified atom stereocenters. The number of rotatable bonds is 6. The number of carbonyl (C=O) groups excluding carboxylic acids is 2. The minimum Gasteiger partial charge on any atom is -0.496 e. The molecule has 0 aliphatic carbocycles. The van der Waals surface area contributed by atoms with E-state index in [4.69, 9.17) is 18.9 Å². The molecule has 2 amide bonds. The van der Waals surface area contributed by atoms with Crippen molar-refractivity contribution in [3.63, 3.8) is 0 Å². The van der Waals surface area contributed by atoms with Gasteiger partial charge in [-0.1, -0.05) is 18.2 Å². The van der Waals surface area contributed by atoms with Crippen LogP contribution in [0.5, 0.6) is 17.2 Å². The molecule has 0 saturated carbocycles. The van der Waals surface area contributed by atoms with Crippen molar-refractivity contribution in [2.75, 3.05) is 32.9 Å². The predicted molar refractivity (Wildman–Crippen MR) is 96.9 cm³/mol. The molecule has 0 aromatic heterocycles. The van der Waals surface area contributed by atoms with Crippen molar-refractivity contribution in [1.82, 2.24) is 5.32 Å². The molecule has 142 valence electrons. The molecule has 8 heteroatoms. The summed E-state index contributed by atoms with van der Waals surface area (Å²) in [5, 5.41) is 5.09. The van der Waals surface area contributed by atoms with Gasteiger partial charge in [-0.25, -0.2) is 0 Å². The summed E-state index contributed by atoms with van der Waals surface area (Å²) < 4.78 is 21.2. The first kappa shape index (κ1) is 18.5. The largest absolute Gasteiger partial charge is 0.496 e. The van der Waals surface area contributed by atoms with Crippen molar-refractivity contribution < 1.29 is 28.5 Å². The maximum atomic E-state index is 12.1. The first-order chi connectivity index (χ1) is 13.1. The third-order valence-corrected chi connectivity index (χ3v) is 4.06. The van der Waals surface area contributed by atoms with Crippen LogP contribution >= 0.6 is 0 Å². The summed E-state index contributed by atoms with van der Waals surface area (Å²) in [5.74, 6) is 0.192. The minimum atomic E-state index is -0.788. The third kappa shape index (κ3) is 4.29. The van der Waals surface area contributed by atoms with Crippen molar-refractivity contribution in [1.29, 1.82) is 0 Å². The van der Waals surface area contributed by atoms with E-state index in [1.807, 2.05) is 18.2 Å². The highest BCUT2D eigenvalue weighted by molar-refractivity contribution is 6.39. The fourth-order valence-corrected chi connectivity index (χ4v) is 2.68. The van der Waals surface area contributed by atoms with Crippen molar-refractivity contribution >= 4 is 17.5 Å². The Hall–Kier alpha value is -3.26. The number of anilines is 1. The van der Waals surface area contributed by atoms with Gasteiger partial charge in [-0.05, 0) is 18.2 Å². The summed E-state index contributed by atoms with van der Waals surface area (Å²) >= 11 is 0. The van der Waals surface area contributed by atoms with Crippen LogP contribution in [-0.4, -0.2) is 39.4 Å². The second-order valence-corrected chi connectivity index (χ2v) is 5.70. The maximum absolute atomic E-state index is 12.1. The molecule has 2 aromatic rings. The van der Waals surface area contributed by atoms with Gasteiger partial charge in [-0.2, -0.15) is 0 Å². The van der Waals surface area contributed by atoms with Gasteiger partial charge in [0.05, 0.1) is 7.11 Å². The van der Waals surface area contributed by atoms with Crippen LogP contribution in [0.4, 0.5) is 5.69 Å². The Bertz CT molecular complexity index is 839. The topological polar surface area (TPSA) is 95.1 Å². The van der Waals surface area contributed by atoms with E-state index in [0.29, 0.717) is 22.9 Å². The Morgan fingerprint density at radius 2 is 1.85 bits per heavy atom. The van der Waals surface area contributed by atoms with Gasteiger partial charge in [0.1, 0.15) is 11.9 Å². The predicted octanol–water partition coefficient (Wildman–Crippen LogP) is 1.87. The van der Waals surface area contributed by atoms with Gasteiger partial charge in [0.15, 0.2) is 11.5 Å². The Labute approximate surface area is 156 Å². The van der Waals surface area contributed by atoms with Gasteiger partial charge in [-0.15, -0.1) is 0 Å². The number of ether oxygens (including phenoxy) is 4. The third-order valence-electron chi connectivity index (χ3n) is 4.06. The lowest BCUT2D eigenvalue weighted by atomic mass is 10.1. The van der Waals surface area contributed by atoms with Crippen LogP contribution in [0.2, 0.25) is 0 Å². The Balaban J connectivity index is 1.58. The van der Waals surface area contributed by atoms with Crippen molar-refractivity contribution in [3.8, 4) is 17.2 Å². The highest BCUT2D eigenvalue weighted by atomic mass is 16.7. The van der Waals surface area contributed by atoms with E-state index in [-0.39, 0.29) is 13.3 Å². The number of nitrogens with one attached hydrogen (secondary N) is 2. The number of amides is 2. The zero-order valence-corrected chi connectivity index (χ0v) is 15.0. The smallest absolute Gasteiger partial charge is 0.313 e. The van der Waals surface area contributed by atoms with Gasteiger partial charge < -0.3 is 29.6 Å². The molecule has 0 spiro atoms. The average molecular weight is 372 g/mol. The van der Waals surface area contributed by atoms with E-state index >= 15 is 0 Å². The summed E-state index contributed by atoms with van der Waals surface area (Å²) in [6.07, 6.45) is -0.455. The van der Waals surface area contributed by atoms with E-state index in [0.717, 1.165) is 5.56 Å². The van der Waals surface area contributed by atoms with Crippen LogP contribution in [-0.2, 0) is 14.3 Å². The SMILES string of the molecule is COc1ccccc1C(CNC(=O)C(=O)Nc1ccc2c(c1)OCO2)OC. The lowest BCUT2D eigenvalue weighted by Crippen LogP contribution is -2.38. The highest BCUT2D eigenvalue weighted by Gasteiger charge is 2.20. The van der Waals surface area contributed by atoms with Gasteiger partial charge >= 0.3 is 11.8 Å². The first-order valence-corrected chi connectivity index (χ1v) is 8.27. The monoisotopic (exact) mass is 372 g/mol. The Morgan fingerprint density at radius 1 is 1.07 bits per heavy atom. The highest BCUT2D eigenvalue weighted by Crippen LogP contribution is 2.34. The van der Waals surface area contributed by atoms with Gasteiger partial charge in [-0.3, -0.25) is 9.59 Å². The molecule has 8 nitrogen and oxygen atoms in total. The summed E-state index contributed by atoms with van der Waals surface area (Å²) in [7, 11) is 3.08. The van der Waals surface area contributed by atoms with Crippen LogP contribution in [0.15, 0.2) is 42.5 Å². The zero-order chi connectivity index (χ0) is 19.2. The van der Waals surface area contributed by atoms with Crippen LogP contribution in [0.25, 0.3) is 0 Å². The maximum Gasteiger partial charge on any atom is 0.313 e. The van der Waals surface area contributed by atoms with Crippen molar-refractivity contribution in [3.05, 3.63) is 48.0 Å². The van der Waals surface area contributed by atoms with Gasteiger partial charge in [0, 0.05) is 31.0 Å². The molecule has 0 saturated heterocycles. The lowest BCUT2D eigenvalue weighted by Gasteiger charge is -2.18. The van der Waals surface area contributed by atoms with Crippen LogP contribution < -0.4 is 24.8 Å². The number of para-hydroxylation sites is 1. The van der Waals surface area contributed by atoms with E-state index in [9.17, 15) is 9.59 Å². The fourth-order valence-electron chi connectivity index (χ4n) is 2.68. The molecule has 1 aliphatic heterocycles. The van der Waals surface area contributed by atoms with Crippen LogP contribution in [0, 0.1) is 0 Å². The fraction of sp³-hybridized carbons (Fsp3) is 0.263. The molecule has 3 rings (SSSR count). The van der Waals surface area contributed by atoms with Crippen LogP contribution in [0.1, 0.15) is 11.7 Å². The summed E-state index contributed by atoms with van der Waals surface area (Å²) in [6, 6.07) is 12.2. The number of hydrogen-bond acceptors (Lipinski definition) is 6. The summed E-state index contributed by atoms with van der Waals surface area (Å²) in [6.45, 7) is 0.249. The molecule has 2 aromatic carbocycles. The van der Waals surface area contributed by atoms with Gasteiger partial charge in [0.2, 0.25) is 6.79 Å². The summed E-state index contributed by atoms with van der Waals surface area (Å²) in [4.78, 5) is 24.2. The molecule has 1 aliphatic rings. The number of benzene rings is 2. The van der Waals surface area contributed by atoms with E-state index in [2.05, 4.69) is 10.6 Å². The van der Waals surface area contributed by atoms with Crippen molar-refractivity contribution in [2.45, 2.75) is 6.10 Å². The number of fused-ring (bicyclic) bond motifs is 1. The van der Waals surface area contributed by atoms with Crippen LogP contribution in [0.3, 0.4) is 0 Å². The Kier molecular flexibility index (Phi) is 5.77. The minimum absolute atomic E-state index is 0.115. The van der Waals surface area contributed by atoms with Gasteiger partial charge in [0.25, 0.3) is 0 Å². The molecular formula is C19H20N2O6. The second-order valence-electron chi connectivity index (χ2n) is 5.70. The standard InChI is InChI=1S/C19H20N2O6/c1-24-14-6-4-3-5-13(14)17(25-2)10-20-18(22)19(23)21-12-7-8-15-16(9-12)27-11-26-15/h3-9,17H,10-11H2,1-2H3,(H,20,22)(H,21,23). The second kappa shape index (κ2) is 8.41. The Morgan fingerprint density at radius 3 is 2.63 bits per heavy atom. The van der Waals surface area contributed by atoms with E-state index in [1.165, 1.54) is 7.11 Å². The molecule has 1 atom stereocenters. The average Bonchev–Trinajstić information content (AvgIpc) is 3.16. The molecular weight excluding hydrogens is 352 g/mol. The molecule has 0 radical (unpaired) electrons. The molecule has 2 N–H and O–H groups in total. The lowest BCUT2D eigenvalue weighted by molar-refractivity contribution is -0.136. The summed E-state index contributed by atoms with van der Waals surface area (Å²) in [5.41, 5.74) is 1.21. The zero-order valence-electron chi connectivity index (χ0n) is 15.0. The number of hydrogen-bond donors (Lipinski definition) is 2. The molecule has 1 heterocycles. The molecule has 0 fully saturated rings. The first-order valence-electron chi connectivity index (χ1n) is 8.27. The quantitative estimate of drug-likeness (QED) is 0.752. The number of carbonyl (C=O) groups is 2. The number of methoxy groups -OCH3 is 2.